The zero-order valence-corrected chi connectivity index (χ0v) is 10.8. The summed E-state index contributed by atoms with van der Waals surface area (Å²) in [7, 11) is -3.29. The van der Waals surface area contributed by atoms with Gasteiger partial charge in [-0.3, -0.25) is 0 Å². The summed E-state index contributed by atoms with van der Waals surface area (Å²) < 4.78 is 26.7. The second-order valence-electron chi connectivity index (χ2n) is 2.85. The van der Waals surface area contributed by atoms with Gasteiger partial charge in [-0.25, -0.2) is 13.1 Å². The van der Waals surface area contributed by atoms with E-state index in [-0.39, 0.29) is 0 Å². The summed E-state index contributed by atoms with van der Waals surface area (Å²) >= 11 is 2.14. The lowest BCUT2D eigenvalue weighted by atomic mass is 10.4. The molecular weight excluding hydrogens is 313 g/mol. The summed E-state index contributed by atoms with van der Waals surface area (Å²) in [5, 5.41) is 0. The highest BCUT2D eigenvalue weighted by molar-refractivity contribution is 14.1. The molecule has 78 valence electrons. The molecular formula is C9H12INO2S. The van der Waals surface area contributed by atoms with Crippen molar-refractivity contribution in [3.8, 4) is 0 Å². The minimum absolute atomic E-state index is 0.325. The first-order valence-electron chi connectivity index (χ1n) is 4.31. The maximum atomic E-state index is 11.6. The summed E-state index contributed by atoms with van der Waals surface area (Å²) in [4.78, 5) is 0.325. The third kappa shape index (κ3) is 3.21. The quantitative estimate of drug-likeness (QED) is 0.861. The van der Waals surface area contributed by atoms with Crippen molar-refractivity contribution in [1.82, 2.24) is 4.72 Å². The summed E-state index contributed by atoms with van der Waals surface area (Å²) in [5.41, 5.74) is 0. The Morgan fingerprint density at radius 1 is 1.29 bits per heavy atom. The zero-order chi connectivity index (χ0) is 10.6. The van der Waals surface area contributed by atoms with Gasteiger partial charge in [0, 0.05) is 10.1 Å². The molecule has 0 heterocycles. The lowest BCUT2D eigenvalue weighted by Gasteiger charge is -2.04. The predicted octanol–water partition coefficient (Wildman–Crippen LogP) is 1.98. The molecule has 0 aliphatic heterocycles. The van der Waals surface area contributed by atoms with E-state index >= 15 is 0 Å². The van der Waals surface area contributed by atoms with Crippen molar-refractivity contribution in [3.63, 3.8) is 0 Å². The Hall–Kier alpha value is -0.140. The number of benzene rings is 1. The molecule has 0 spiro atoms. The minimum atomic E-state index is -3.29. The van der Waals surface area contributed by atoms with E-state index < -0.39 is 10.0 Å². The van der Waals surface area contributed by atoms with E-state index in [1.54, 1.807) is 24.3 Å². The van der Waals surface area contributed by atoms with Gasteiger partial charge in [-0.05, 0) is 53.3 Å². The lowest BCUT2D eigenvalue weighted by molar-refractivity contribution is 0.581. The molecule has 0 radical (unpaired) electrons. The van der Waals surface area contributed by atoms with Gasteiger partial charge >= 0.3 is 0 Å². The number of nitrogens with one attached hydrogen (secondary N) is 1. The number of halogens is 1. The molecule has 0 saturated carbocycles. The van der Waals surface area contributed by atoms with Gasteiger partial charge in [0.15, 0.2) is 0 Å². The van der Waals surface area contributed by atoms with Crippen LogP contribution in [0.3, 0.4) is 0 Å². The van der Waals surface area contributed by atoms with Crippen LogP contribution < -0.4 is 4.72 Å². The monoisotopic (exact) mass is 325 g/mol. The molecule has 1 N–H and O–H groups in total. The van der Waals surface area contributed by atoms with E-state index in [9.17, 15) is 8.42 Å². The first-order valence-corrected chi connectivity index (χ1v) is 6.87. The number of sulfonamides is 1. The van der Waals surface area contributed by atoms with Gasteiger partial charge in [0.05, 0.1) is 4.90 Å². The fourth-order valence-electron chi connectivity index (χ4n) is 0.934. The summed E-state index contributed by atoms with van der Waals surface area (Å²) in [6.45, 7) is 2.41. The lowest BCUT2D eigenvalue weighted by Crippen LogP contribution is -2.24. The van der Waals surface area contributed by atoms with Crippen LogP contribution in [0.25, 0.3) is 0 Å². The van der Waals surface area contributed by atoms with Gasteiger partial charge < -0.3 is 0 Å². The summed E-state index contributed by atoms with van der Waals surface area (Å²) in [5.74, 6) is 0. The van der Waals surface area contributed by atoms with Crippen molar-refractivity contribution in [2.75, 3.05) is 6.54 Å². The molecule has 1 aromatic carbocycles. The second kappa shape index (κ2) is 5.09. The Kier molecular flexibility index (Phi) is 4.33. The van der Waals surface area contributed by atoms with Crippen LogP contribution in [0.5, 0.6) is 0 Å². The molecule has 0 unspecified atom stereocenters. The Bertz CT molecular complexity index is 386. The van der Waals surface area contributed by atoms with Gasteiger partial charge in [-0.1, -0.05) is 6.92 Å². The van der Waals surface area contributed by atoms with E-state index in [2.05, 4.69) is 27.3 Å². The van der Waals surface area contributed by atoms with Crippen LogP contribution in [0.2, 0.25) is 0 Å². The van der Waals surface area contributed by atoms with Crippen molar-refractivity contribution >= 4 is 32.6 Å². The molecule has 1 rings (SSSR count). The zero-order valence-electron chi connectivity index (χ0n) is 7.83. The molecule has 0 fully saturated rings. The third-order valence-electron chi connectivity index (χ3n) is 1.67. The van der Waals surface area contributed by atoms with Crippen molar-refractivity contribution in [1.29, 1.82) is 0 Å². The Labute approximate surface area is 98.1 Å². The maximum Gasteiger partial charge on any atom is 0.240 e. The van der Waals surface area contributed by atoms with Crippen molar-refractivity contribution < 1.29 is 8.42 Å². The highest BCUT2D eigenvalue weighted by atomic mass is 127. The first kappa shape index (κ1) is 11.9. The van der Waals surface area contributed by atoms with E-state index in [1.807, 2.05) is 6.92 Å². The summed E-state index contributed by atoms with van der Waals surface area (Å²) in [6.07, 6.45) is 0.795. The molecule has 0 aliphatic rings. The van der Waals surface area contributed by atoms with Crippen LogP contribution in [0.1, 0.15) is 13.3 Å². The van der Waals surface area contributed by atoms with E-state index in [0.29, 0.717) is 11.4 Å². The topological polar surface area (TPSA) is 46.2 Å². The predicted molar refractivity (Wildman–Crippen MR) is 64.6 cm³/mol. The van der Waals surface area contributed by atoms with Crippen LogP contribution in [0, 0.1) is 3.57 Å². The Morgan fingerprint density at radius 3 is 2.36 bits per heavy atom. The number of hydrogen-bond donors (Lipinski definition) is 1. The molecule has 0 saturated heterocycles. The highest BCUT2D eigenvalue weighted by Crippen LogP contribution is 2.11. The van der Waals surface area contributed by atoms with Crippen LogP contribution >= 0.6 is 22.6 Å². The molecule has 0 atom stereocenters. The van der Waals surface area contributed by atoms with Crippen molar-refractivity contribution in [3.05, 3.63) is 27.8 Å². The van der Waals surface area contributed by atoms with Gasteiger partial charge in [0.2, 0.25) is 10.0 Å². The van der Waals surface area contributed by atoms with Crippen molar-refractivity contribution in [2.24, 2.45) is 0 Å². The van der Waals surface area contributed by atoms with Gasteiger partial charge in [0.25, 0.3) is 0 Å². The molecule has 3 nitrogen and oxygen atoms in total. The normalized spacial score (nSPS) is 11.6. The molecule has 0 aliphatic carbocycles. The minimum Gasteiger partial charge on any atom is -0.211 e. The SMILES string of the molecule is CCCNS(=O)(=O)c1ccc(I)cc1. The van der Waals surface area contributed by atoms with Gasteiger partial charge in [0.1, 0.15) is 0 Å². The standard InChI is InChI=1S/C9H12INO2S/c1-2-7-11-14(12,13)9-5-3-8(10)4-6-9/h3-6,11H,2,7H2,1H3. The maximum absolute atomic E-state index is 11.6. The van der Waals surface area contributed by atoms with Crippen LogP contribution in [-0.2, 0) is 10.0 Å². The third-order valence-corrected chi connectivity index (χ3v) is 3.86. The molecule has 1 aromatic rings. The Balaban J connectivity index is 2.87. The number of hydrogen-bond acceptors (Lipinski definition) is 2. The first-order chi connectivity index (χ1) is 6.56. The summed E-state index contributed by atoms with van der Waals surface area (Å²) in [6, 6.07) is 6.78. The number of rotatable bonds is 4. The fraction of sp³-hybridized carbons (Fsp3) is 0.333. The largest absolute Gasteiger partial charge is 0.240 e. The van der Waals surface area contributed by atoms with Gasteiger partial charge in [-0.15, -0.1) is 0 Å². The van der Waals surface area contributed by atoms with Crippen LogP contribution in [0.4, 0.5) is 0 Å². The average Bonchev–Trinajstić information content (AvgIpc) is 2.16. The molecule has 14 heavy (non-hydrogen) atoms. The van der Waals surface area contributed by atoms with Crippen LogP contribution in [-0.4, -0.2) is 15.0 Å². The van der Waals surface area contributed by atoms with Crippen molar-refractivity contribution in [2.45, 2.75) is 18.2 Å². The fourth-order valence-corrected chi connectivity index (χ4v) is 2.43. The molecule has 5 heteroatoms. The Morgan fingerprint density at radius 2 is 1.86 bits per heavy atom. The second-order valence-corrected chi connectivity index (χ2v) is 5.86. The van der Waals surface area contributed by atoms with E-state index in [0.717, 1.165) is 9.99 Å². The van der Waals surface area contributed by atoms with Gasteiger partial charge in [-0.2, -0.15) is 0 Å². The molecule has 0 amide bonds. The van der Waals surface area contributed by atoms with Crippen LogP contribution in [0.15, 0.2) is 29.2 Å². The smallest absolute Gasteiger partial charge is 0.211 e. The average molecular weight is 325 g/mol. The molecule has 0 bridgehead atoms. The highest BCUT2D eigenvalue weighted by Gasteiger charge is 2.11. The molecule has 0 aromatic heterocycles. The van der Waals surface area contributed by atoms with E-state index in [1.165, 1.54) is 0 Å². The van der Waals surface area contributed by atoms with E-state index in [4.69, 9.17) is 0 Å².